The topological polar surface area (TPSA) is 93.4 Å². The van der Waals surface area contributed by atoms with E-state index < -0.39 is 39.4 Å². The summed E-state index contributed by atoms with van der Waals surface area (Å²) in [4.78, 5) is 12.6. The van der Waals surface area contributed by atoms with Crippen molar-refractivity contribution in [3.8, 4) is 5.75 Å². The third-order valence-corrected chi connectivity index (χ3v) is 10.3. The molecule has 0 amide bonds. The number of anilines is 2. The molecule has 16 heteroatoms. The second kappa shape index (κ2) is 14.9. The van der Waals surface area contributed by atoms with Crippen LogP contribution in [0.2, 0.25) is 0 Å². The molecule has 1 aliphatic carbocycles. The predicted molar refractivity (Wildman–Crippen MR) is 184 cm³/mol. The van der Waals surface area contributed by atoms with Crippen molar-refractivity contribution < 1.29 is 39.5 Å². The zero-order valence-electron chi connectivity index (χ0n) is 29.1. The maximum Gasteiger partial charge on any atom is 0.416 e. The summed E-state index contributed by atoms with van der Waals surface area (Å²) in [7, 11) is -1.46. The standard InChI is InChI=1S/C35H42F6N6O3S/c1-6-46(20-24-9-7-8-10-24)31-17-32-30(22(2)44-45(32)4)15-26(31)21-47(33-42-18-29(19-43-33)50-11-12-51(5,48)49)23(3)25-13-27(34(36,37)38)16-28(14-25)35(39,40)41/h13-19,23-24H,6-12,20-21H2,1-5H3. The summed E-state index contributed by atoms with van der Waals surface area (Å²) in [6.07, 6.45) is -1.88. The highest BCUT2D eigenvalue weighted by molar-refractivity contribution is 7.90. The zero-order valence-corrected chi connectivity index (χ0v) is 30.0. The van der Waals surface area contributed by atoms with Crippen molar-refractivity contribution in [2.24, 2.45) is 13.0 Å². The lowest BCUT2D eigenvalue weighted by atomic mass is 9.98. The summed E-state index contributed by atoms with van der Waals surface area (Å²) in [5, 5.41) is 5.45. The monoisotopic (exact) mass is 740 g/mol. The molecule has 0 spiro atoms. The number of sulfone groups is 1. The normalized spacial score (nSPS) is 15.0. The molecule has 1 atom stereocenters. The quantitative estimate of drug-likeness (QED) is 0.128. The Morgan fingerprint density at radius 2 is 1.59 bits per heavy atom. The first kappa shape index (κ1) is 38.2. The van der Waals surface area contributed by atoms with Crippen molar-refractivity contribution in [3.63, 3.8) is 0 Å². The minimum absolute atomic E-state index is 0.0216. The van der Waals surface area contributed by atoms with Crippen molar-refractivity contribution in [1.82, 2.24) is 19.7 Å². The molecule has 1 unspecified atom stereocenters. The minimum Gasteiger partial charge on any atom is -0.489 e. The smallest absolute Gasteiger partial charge is 0.416 e. The first-order chi connectivity index (χ1) is 23.8. The van der Waals surface area contributed by atoms with Crippen molar-refractivity contribution in [1.29, 1.82) is 0 Å². The second-order valence-corrected chi connectivity index (χ2v) is 15.5. The number of rotatable bonds is 13. The Balaban J connectivity index is 1.63. The van der Waals surface area contributed by atoms with Gasteiger partial charge in [0.2, 0.25) is 5.95 Å². The first-order valence-electron chi connectivity index (χ1n) is 16.7. The predicted octanol–water partition coefficient (Wildman–Crippen LogP) is 7.92. The van der Waals surface area contributed by atoms with Gasteiger partial charge in [0, 0.05) is 44.0 Å². The summed E-state index contributed by atoms with van der Waals surface area (Å²) >= 11 is 0. The van der Waals surface area contributed by atoms with Gasteiger partial charge >= 0.3 is 12.4 Å². The Morgan fingerprint density at radius 1 is 0.980 bits per heavy atom. The van der Waals surface area contributed by atoms with Crippen molar-refractivity contribution in [3.05, 3.63) is 70.7 Å². The SMILES string of the molecule is CCN(CC1CCCC1)c1cc2c(cc1CN(c1ncc(OCCS(C)(=O)=O)cn1)C(C)c1cc(C(F)(F)F)cc(C(F)(F)F)c1)c(C)nn2C. The fourth-order valence-electron chi connectivity index (χ4n) is 6.64. The number of ether oxygens (including phenoxy) is 1. The summed E-state index contributed by atoms with van der Waals surface area (Å²) in [5.74, 6) is 0.413. The van der Waals surface area contributed by atoms with E-state index in [-0.39, 0.29) is 42.2 Å². The number of alkyl halides is 6. The number of hydrogen-bond donors (Lipinski definition) is 0. The maximum absolute atomic E-state index is 14.0. The van der Waals surface area contributed by atoms with Crippen LogP contribution in [0.5, 0.6) is 5.75 Å². The maximum atomic E-state index is 14.0. The van der Waals surface area contributed by atoms with Crippen LogP contribution < -0.4 is 14.5 Å². The number of halogens is 6. The number of aryl methyl sites for hydroxylation is 2. The van der Waals surface area contributed by atoms with Crippen molar-refractivity contribution in [2.45, 2.75) is 71.4 Å². The van der Waals surface area contributed by atoms with E-state index in [1.165, 1.54) is 19.3 Å². The van der Waals surface area contributed by atoms with Gasteiger partial charge in [0.25, 0.3) is 0 Å². The van der Waals surface area contributed by atoms with Gasteiger partial charge in [0.05, 0.1) is 46.5 Å². The van der Waals surface area contributed by atoms with E-state index in [0.29, 0.717) is 12.5 Å². The van der Waals surface area contributed by atoms with Gasteiger partial charge in [-0.05, 0) is 81.0 Å². The van der Waals surface area contributed by atoms with Gasteiger partial charge in [0.15, 0.2) is 15.6 Å². The third-order valence-electron chi connectivity index (χ3n) is 9.41. The highest BCUT2D eigenvalue weighted by atomic mass is 32.2. The van der Waals surface area contributed by atoms with Crippen LogP contribution >= 0.6 is 0 Å². The summed E-state index contributed by atoms with van der Waals surface area (Å²) in [5.41, 5.74) is 0.220. The largest absolute Gasteiger partial charge is 0.489 e. The Bertz CT molecular complexity index is 1910. The lowest BCUT2D eigenvalue weighted by Crippen LogP contribution is -2.32. The number of aromatic nitrogens is 4. The van der Waals surface area contributed by atoms with Crippen LogP contribution in [0.1, 0.15) is 73.5 Å². The fraction of sp³-hybridized carbons (Fsp3) is 0.514. The summed E-state index contributed by atoms with van der Waals surface area (Å²) in [6, 6.07) is 4.50. The lowest BCUT2D eigenvalue weighted by molar-refractivity contribution is -0.143. The first-order valence-corrected chi connectivity index (χ1v) is 18.8. The summed E-state index contributed by atoms with van der Waals surface area (Å²) < 4.78 is 114. The average Bonchev–Trinajstić information content (AvgIpc) is 3.67. The van der Waals surface area contributed by atoms with Gasteiger partial charge < -0.3 is 14.5 Å². The molecule has 1 saturated carbocycles. The van der Waals surface area contributed by atoms with Crippen molar-refractivity contribution in [2.75, 3.05) is 41.5 Å². The number of hydrogen-bond acceptors (Lipinski definition) is 8. The molecule has 2 aromatic heterocycles. The zero-order chi connectivity index (χ0) is 37.3. The number of benzene rings is 2. The van der Waals surface area contributed by atoms with E-state index in [2.05, 4.69) is 20.0 Å². The van der Waals surface area contributed by atoms with Crippen LogP contribution in [-0.4, -0.2) is 59.9 Å². The van der Waals surface area contributed by atoms with Crippen molar-refractivity contribution >= 4 is 32.4 Å². The second-order valence-electron chi connectivity index (χ2n) is 13.2. The van der Waals surface area contributed by atoms with Crippen LogP contribution in [0.4, 0.5) is 38.0 Å². The molecule has 9 nitrogen and oxygen atoms in total. The van der Waals surface area contributed by atoms with Gasteiger partial charge in [-0.1, -0.05) is 12.8 Å². The van der Waals surface area contributed by atoms with Crippen LogP contribution in [0.15, 0.2) is 42.7 Å². The van der Waals surface area contributed by atoms with Crippen LogP contribution in [0.25, 0.3) is 10.9 Å². The molecule has 2 aromatic carbocycles. The Labute approximate surface area is 293 Å². The van der Waals surface area contributed by atoms with Gasteiger partial charge in [-0.25, -0.2) is 18.4 Å². The number of nitrogens with zero attached hydrogens (tertiary/aromatic N) is 6. The Morgan fingerprint density at radius 3 is 2.14 bits per heavy atom. The third kappa shape index (κ3) is 9.24. The molecule has 5 rings (SSSR count). The van der Waals surface area contributed by atoms with E-state index in [4.69, 9.17) is 4.74 Å². The van der Waals surface area contributed by atoms with E-state index in [9.17, 15) is 34.8 Å². The number of fused-ring (bicyclic) bond motifs is 1. The molecule has 278 valence electrons. The van der Waals surface area contributed by atoms with E-state index >= 15 is 0 Å². The van der Waals surface area contributed by atoms with E-state index in [1.807, 2.05) is 33.0 Å². The molecule has 0 N–H and O–H groups in total. The lowest BCUT2D eigenvalue weighted by Gasteiger charge is -2.34. The fourth-order valence-corrected chi connectivity index (χ4v) is 7.03. The molecule has 1 aliphatic rings. The molecule has 0 bridgehead atoms. The van der Waals surface area contributed by atoms with Crippen LogP contribution in [-0.2, 0) is 35.8 Å². The molecular formula is C35H42F6N6O3S. The highest BCUT2D eigenvalue weighted by Crippen LogP contribution is 2.40. The molecule has 2 heterocycles. The van der Waals surface area contributed by atoms with Crippen LogP contribution in [0.3, 0.4) is 0 Å². The van der Waals surface area contributed by atoms with Crippen LogP contribution in [0, 0.1) is 12.8 Å². The molecule has 0 radical (unpaired) electrons. The Hall–Kier alpha value is -4.08. The van der Waals surface area contributed by atoms with Gasteiger partial charge in [-0.15, -0.1) is 0 Å². The van der Waals surface area contributed by atoms with Gasteiger partial charge in [-0.3, -0.25) is 4.68 Å². The molecule has 0 aliphatic heterocycles. The molecule has 1 fully saturated rings. The molecule has 51 heavy (non-hydrogen) atoms. The average molecular weight is 741 g/mol. The molecular weight excluding hydrogens is 698 g/mol. The molecule has 4 aromatic rings. The molecule has 0 saturated heterocycles. The van der Waals surface area contributed by atoms with Gasteiger partial charge in [-0.2, -0.15) is 31.4 Å². The van der Waals surface area contributed by atoms with E-state index in [1.54, 1.807) is 9.58 Å². The van der Waals surface area contributed by atoms with Gasteiger partial charge in [0.1, 0.15) is 6.61 Å². The van der Waals surface area contributed by atoms with E-state index in [0.717, 1.165) is 78.5 Å². The minimum atomic E-state index is -5.03. The Kier molecular flexibility index (Phi) is 11.1. The highest BCUT2D eigenvalue weighted by Gasteiger charge is 2.38. The summed E-state index contributed by atoms with van der Waals surface area (Å²) in [6.45, 7) is 6.75.